The number of carbonyl (C=O) groups is 2. The van der Waals surface area contributed by atoms with Crippen molar-refractivity contribution in [1.29, 1.82) is 0 Å². The second kappa shape index (κ2) is 11.2. The van der Waals surface area contributed by atoms with Crippen LogP contribution in [0.15, 0.2) is 28.7 Å². The Morgan fingerprint density at radius 1 is 1.06 bits per heavy atom. The molecule has 2 aromatic rings. The van der Waals surface area contributed by atoms with E-state index in [0.717, 1.165) is 32.1 Å². The van der Waals surface area contributed by atoms with Crippen molar-refractivity contribution in [1.82, 2.24) is 0 Å². The third kappa shape index (κ3) is 6.24. The number of rotatable bonds is 12. The molecule has 1 unspecified atom stereocenters. The fourth-order valence-corrected chi connectivity index (χ4v) is 4.86. The van der Waals surface area contributed by atoms with Gasteiger partial charge >= 0.3 is 0 Å². The van der Waals surface area contributed by atoms with Crippen molar-refractivity contribution >= 4 is 22.5 Å². The molecule has 1 aliphatic rings. The molecule has 3 rings (SSSR count). The van der Waals surface area contributed by atoms with E-state index < -0.39 is 29.9 Å². The Hall–Kier alpha value is -2.09. The van der Waals surface area contributed by atoms with Crippen molar-refractivity contribution in [2.24, 2.45) is 11.8 Å². The number of ketones is 2. The second-order valence-corrected chi connectivity index (χ2v) is 9.10. The van der Waals surface area contributed by atoms with Gasteiger partial charge in [-0.3, -0.25) is 4.79 Å². The smallest absolute Gasteiger partial charge is 0.226 e. The lowest BCUT2D eigenvalue weighted by atomic mass is 9.84. The minimum absolute atomic E-state index is 0.0211. The Morgan fingerprint density at radius 2 is 1.75 bits per heavy atom. The molecule has 6 nitrogen and oxygen atoms in total. The highest BCUT2D eigenvalue weighted by molar-refractivity contribution is 6.00. The highest BCUT2D eigenvalue weighted by Gasteiger charge is 2.41. The van der Waals surface area contributed by atoms with Gasteiger partial charge in [-0.25, -0.2) is 4.39 Å². The number of halogens is 1. The normalized spacial score (nSPS) is 24.2. The van der Waals surface area contributed by atoms with E-state index in [4.69, 9.17) is 4.42 Å². The maximum absolute atomic E-state index is 13.3. The molecule has 1 saturated carbocycles. The molecule has 3 N–H and O–H groups in total. The summed E-state index contributed by atoms with van der Waals surface area (Å²) >= 11 is 0. The molecule has 0 spiro atoms. The van der Waals surface area contributed by atoms with Gasteiger partial charge in [0.1, 0.15) is 23.3 Å². The van der Waals surface area contributed by atoms with E-state index in [1.54, 1.807) is 6.92 Å². The van der Waals surface area contributed by atoms with Crippen LogP contribution in [-0.4, -0.2) is 45.2 Å². The van der Waals surface area contributed by atoms with Crippen molar-refractivity contribution in [2.45, 2.75) is 83.0 Å². The summed E-state index contributed by atoms with van der Waals surface area (Å²) in [6.45, 7) is 1.59. The third-order valence-electron chi connectivity index (χ3n) is 6.64. The molecule has 1 fully saturated rings. The predicted octanol–water partition coefficient (Wildman–Crippen LogP) is 4.18. The van der Waals surface area contributed by atoms with Crippen LogP contribution in [0.2, 0.25) is 0 Å². The Labute approximate surface area is 187 Å². The third-order valence-corrected chi connectivity index (χ3v) is 6.64. The lowest BCUT2D eigenvalue weighted by molar-refractivity contribution is -0.117. The van der Waals surface area contributed by atoms with Gasteiger partial charge in [0.15, 0.2) is 5.76 Å². The first-order valence-electron chi connectivity index (χ1n) is 11.5. The Morgan fingerprint density at radius 3 is 2.47 bits per heavy atom. The molecule has 1 heterocycles. The SMILES string of the molecule is CC(=O)CCCCCC[C@@H]1[C@@H](CCC(O)C(=O)c2cc3ccc(F)cc3o2)[C@H](O)C[C@@H]1O. The Kier molecular flexibility index (Phi) is 8.57. The van der Waals surface area contributed by atoms with Gasteiger partial charge in [-0.2, -0.15) is 0 Å². The van der Waals surface area contributed by atoms with E-state index in [1.165, 1.54) is 24.3 Å². The Bertz CT molecular complexity index is 922. The molecule has 0 amide bonds. The average molecular weight is 449 g/mol. The minimum atomic E-state index is -1.29. The quantitative estimate of drug-likeness (QED) is 0.332. The van der Waals surface area contributed by atoms with Gasteiger partial charge in [-0.05, 0) is 69.1 Å². The summed E-state index contributed by atoms with van der Waals surface area (Å²) in [5.41, 5.74) is 0.248. The summed E-state index contributed by atoms with van der Waals surface area (Å²) in [4.78, 5) is 23.6. The van der Waals surface area contributed by atoms with Crippen molar-refractivity contribution < 1.29 is 33.7 Å². The largest absolute Gasteiger partial charge is 0.453 e. The monoisotopic (exact) mass is 448 g/mol. The number of hydrogen-bond acceptors (Lipinski definition) is 6. The van der Waals surface area contributed by atoms with Gasteiger partial charge in [0.25, 0.3) is 0 Å². The highest BCUT2D eigenvalue weighted by Crippen LogP contribution is 2.39. The maximum Gasteiger partial charge on any atom is 0.226 e. The van der Waals surface area contributed by atoms with Crippen molar-refractivity contribution in [2.75, 3.05) is 0 Å². The minimum Gasteiger partial charge on any atom is -0.453 e. The molecule has 7 heteroatoms. The molecule has 176 valence electrons. The number of benzene rings is 1. The fourth-order valence-electron chi connectivity index (χ4n) is 4.86. The van der Waals surface area contributed by atoms with E-state index in [9.17, 15) is 29.3 Å². The van der Waals surface area contributed by atoms with Gasteiger partial charge < -0.3 is 24.5 Å². The molecule has 1 aromatic heterocycles. The number of hydrogen-bond donors (Lipinski definition) is 3. The summed E-state index contributed by atoms with van der Waals surface area (Å²) < 4.78 is 18.7. The van der Waals surface area contributed by atoms with E-state index in [2.05, 4.69) is 0 Å². The van der Waals surface area contributed by atoms with E-state index >= 15 is 0 Å². The second-order valence-electron chi connectivity index (χ2n) is 9.10. The summed E-state index contributed by atoms with van der Waals surface area (Å²) in [5.74, 6) is -1.13. The molecule has 5 atom stereocenters. The van der Waals surface area contributed by atoms with Crippen LogP contribution in [0.1, 0.15) is 75.3 Å². The first-order chi connectivity index (χ1) is 15.3. The predicted molar refractivity (Wildman–Crippen MR) is 118 cm³/mol. The van der Waals surface area contributed by atoms with Gasteiger partial charge in [0.2, 0.25) is 5.78 Å². The molecule has 0 bridgehead atoms. The van der Waals surface area contributed by atoms with Crippen molar-refractivity contribution in [3.63, 3.8) is 0 Å². The van der Waals surface area contributed by atoms with Crippen LogP contribution in [0, 0.1) is 17.7 Å². The van der Waals surface area contributed by atoms with E-state index in [-0.39, 0.29) is 35.4 Å². The lowest BCUT2D eigenvalue weighted by Crippen LogP contribution is -2.26. The van der Waals surface area contributed by atoms with Crippen LogP contribution in [0.5, 0.6) is 0 Å². The van der Waals surface area contributed by atoms with Crippen LogP contribution in [0.25, 0.3) is 11.0 Å². The van der Waals surface area contributed by atoms with E-state index in [1.807, 2.05) is 0 Å². The van der Waals surface area contributed by atoms with Crippen LogP contribution >= 0.6 is 0 Å². The molecule has 1 aliphatic carbocycles. The zero-order valence-corrected chi connectivity index (χ0v) is 18.5. The maximum atomic E-state index is 13.3. The van der Waals surface area contributed by atoms with Gasteiger partial charge in [0, 0.05) is 17.9 Å². The van der Waals surface area contributed by atoms with Gasteiger partial charge in [0.05, 0.1) is 12.2 Å². The van der Waals surface area contributed by atoms with Crippen molar-refractivity contribution in [3.8, 4) is 0 Å². The van der Waals surface area contributed by atoms with Crippen LogP contribution in [0.3, 0.4) is 0 Å². The van der Waals surface area contributed by atoms with Gasteiger partial charge in [-0.1, -0.05) is 19.3 Å². The van der Waals surface area contributed by atoms with Crippen LogP contribution in [0.4, 0.5) is 4.39 Å². The molecular weight excluding hydrogens is 415 g/mol. The fraction of sp³-hybridized carbons (Fsp3) is 0.600. The number of aliphatic hydroxyl groups excluding tert-OH is 3. The number of Topliss-reactive ketones (excluding diaryl/α,β-unsaturated/α-hetero) is 2. The summed E-state index contributed by atoms with van der Waals surface area (Å²) in [5, 5.41) is 31.8. The van der Waals surface area contributed by atoms with Crippen LogP contribution < -0.4 is 0 Å². The zero-order chi connectivity index (χ0) is 23.3. The number of fused-ring (bicyclic) bond motifs is 1. The topological polar surface area (TPSA) is 108 Å². The molecular formula is C25H33FO6. The number of carbonyl (C=O) groups excluding carboxylic acids is 2. The van der Waals surface area contributed by atoms with Gasteiger partial charge in [-0.15, -0.1) is 0 Å². The molecule has 32 heavy (non-hydrogen) atoms. The molecule has 1 aromatic carbocycles. The Balaban J connectivity index is 1.51. The number of aliphatic hydroxyl groups is 3. The standard InChI is InChI=1S/C25H33FO6/c1-15(27)6-4-2-3-5-7-18-19(22(30)14-21(18)29)10-11-20(28)25(31)24-12-16-8-9-17(26)13-23(16)32-24/h8-9,12-13,18-22,28-30H,2-7,10-11,14H2,1H3/t18-,19-,20?,21+,22-/m1/s1. The lowest BCUT2D eigenvalue weighted by Gasteiger charge is -2.24. The number of unbranched alkanes of at least 4 members (excludes halogenated alkanes) is 3. The number of furan rings is 1. The summed E-state index contributed by atoms with van der Waals surface area (Å²) in [7, 11) is 0. The first-order valence-corrected chi connectivity index (χ1v) is 11.5. The molecule has 0 aliphatic heterocycles. The molecule has 0 saturated heterocycles. The summed E-state index contributed by atoms with van der Waals surface area (Å²) in [6.07, 6.45) is 3.38. The van der Waals surface area contributed by atoms with E-state index in [0.29, 0.717) is 24.6 Å². The van der Waals surface area contributed by atoms with Crippen LogP contribution in [-0.2, 0) is 4.79 Å². The highest BCUT2D eigenvalue weighted by atomic mass is 19.1. The zero-order valence-electron chi connectivity index (χ0n) is 18.5. The first kappa shape index (κ1) is 24.6. The molecule has 0 radical (unpaired) electrons. The van der Waals surface area contributed by atoms with Crippen molar-refractivity contribution in [3.05, 3.63) is 35.8 Å². The summed E-state index contributed by atoms with van der Waals surface area (Å²) in [6, 6.07) is 5.47. The average Bonchev–Trinajstić information content (AvgIpc) is 3.27.